The number of H-pyrrole nitrogens is 1. The van der Waals surface area contributed by atoms with Gasteiger partial charge in [-0.3, -0.25) is 19.8 Å². The molecule has 152 valence electrons. The quantitative estimate of drug-likeness (QED) is 0.679. The number of aromatic amines is 1. The number of carbonyl (C=O) groups is 1. The Labute approximate surface area is 168 Å². The first-order valence-corrected chi connectivity index (χ1v) is 9.88. The fourth-order valence-corrected chi connectivity index (χ4v) is 4.00. The molecule has 3 aromatic rings. The lowest BCUT2D eigenvalue weighted by molar-refractivity contribution is -0.124. The highest BCUT2D eigenvalue weighted by Gasteiger charge is 2.30. The number of benzene rings is 1. The molecule has 4 rings (SSSR count). The Morgan fingerprint density at radius 2 is 1.97 bits per heavy atom. The topological polar surface area (TPSA) is 61.9 Å². The van der Waals surface area contributed by atoms with Crippen LogP contribution in [0.1, 0.15) is 25.5 Å². The van der Waals surface area contributed by atoms with Gasteiger partial charge in [-0.2, -0.15) is 5.10 Å². The molecule has 1 saturated heterocycles. The van der Waals surface area contributed by atoms with Gasteiger partial charge in [-0.15, -0.1) is 0 Å². The highest BCUT2D eigenvalue weighted by Crippen LogP contribution is 2.26. The number of likely N-dealkylation sites (tertiary alicyclic amines) is 1. The molecule has 3 heterocycles. The highest BCUT2D eigenvalue weighted by atomic mass is 19.3. The second kappa shape index (κ2) is 7.99. The Morgan fingerprint density at radius 1 is 1.17 bits per heavy atom. The van der Waals surface area contributed by atoms with Crippen molar-refractivity contribution in [2.75, 3.05) is 19.6 Å². The number of hydrogen-bond acceptors (Lipinski definition) is 4. The van der Waals surface area contributed by atoms with E-state index in [4.69, 9.17) is 0 Å². The van der Waals surface area contributed by atoms with Gasteiger partial charge in [0.2, 0.25) is 0 Å². The summed E-state index contributed by atoms with van der Waals surface area (Å²) >= 11 is 0. The predicted octanol–water partition coefficient (Wildman–Crippen LogP) is 4.10. The average molecular weight is 398 g/mol. The summed E-state index contributed by atoms with van der Waals surface area (Å²) in [5, 5.41) is 8.84. The van der Waals surface area contributed by atoms with Crippen molar-refractivity contribution in [2.24, 2.45) is 5.92 Å². The van der Waals surface area contributed by atoms with E-state index in [0.29, 0.717) is 25.9 Å². The van der Waals surface area contributed by atoms with E-state index in [2.05, 4.69) is 21.2 Å². The van der Waals surface area contributed by atoms with Gasteiger partial charge in [0.25, 0.3) is 5.92 Å². The maximum absolute atomic E-state index is 13.2. The Balaban J connectivity index is 1.42. The third kappa shape index (κ3) is 4.85. The molecule has 0 aliphatic carbocycles. The second-order valence-corrected chi connectivity index (χ2v) is 7.99. The van der Waals surface area contributed by atoms with E-state index in [1.165, 1.54) is 0 Å². The van der Waals surface area contributed by atoms with Crippen molar-refractivity contribution in [1.82, 2.24) is 20.1 Å². The molecule has 0 spiro atoms. The van der Waals surface area contributed by atoms with Crippen molar-refractivity contribution in [3.8, 4) is 11.1 Å². The van der Waals surface area contributed by atoms with E-state index in [0.717, 1.165) is 34.5 Å². The van der Waals surface area contributed by atoms with Crippen molar-refractivity contribution in [3.63, 3.8) is 0 Å². The van der Waals surface area contributed by atoms with E-state index in [1.807, 2.05) is 24.4 Å². The fraction of sp³-hybridized carbons (Fsp3) is 0.409. The number of nitrogens with zero attached hydrogens (tertiary/aromatic N) is 3. The molecule has 0 atom stereocenters. The number of hydrogen-bond donors (Lipinski definition) is 1. The molecule has 0 radical (unpaired) electrons. The zero-order valence-corrected chi connectivity index (χ0v) is 16.4. The van der Waals surface area contributed by atoms with Crippen molar-refractivity contribution >= 4 is 16.6 Å². The molecule has 0 unspecified atom stereocenters. The van der Waals surface area contributed by atoms with Gasteiger partial charge in [0.15, 0.2) is 0 Å². The van der Waals surface area contributed by atoms with Crippen LogP contribution >= 0.6 is 0 Å². The monoisotopic (exact) mass is 398 g/mol. The van der Waals surface area contributed by atoms with Gasteiger partial charge in [0.1, 0.15) is 5.78 Å². The van der Waals surface area contributed by atoms with Crippen LogP contribution in [0.3, 0.4) is 0 Å². The summed E-state index contributed by atoms with van der Waals surface area (Å²) in [5.41, 5.74) is 2.80. The van der Waals surface area contributed by atoms with Crippen LogP contribution in [0.5, 0.6) is 0 Å². The largest absolute Gasteiger partial charge is 0.299 e. The Hall–Kier alpha value is -2.67. The minimum Gasteiger partial charge on any atom is -0.299 e. The van der Waals surface area contributed by atoms with Gasteiger partial charge >= 0.3 is 0 Å². The Bertz CT molecular complexity index is 990. The van der Waals surface area contributed by atoms with Gasteiger partial charge in [-0.1, -0.05) is 12.1 Å². The van der Waals surface area contributed by atoms with Crippen LogP contribution in [-0.4, -0.2) is 51.4 Å². The maximum Gasteiger partial charge on any atom is 0.257 e. The number of aromatic nitrogens is 3. The molecule has 29 heavy (non-hydrogen) atoms. The number of carbonyl (C=O) groups excluding carboxylic acids is 1. The minimum atomic E-state index is -2.69. The third-order valence-electron chi connectivity index (χ3n) is 5.51. The first-order valence-electron chi connectivity index (χ1n) is 9.88. The van der Waals surface area contributed by atoms with Gasteiger partial charge in [0, 0.05) is 48.3 Å². The number of alkyl halides is 2. The smallest absolute Gasteiger partial charge is 0.257 e. The molecule has 2 aromatic heterocycles. The zero-order chi connectivity index (χ0) is 20.4. The van der Waals surface area contributed by atoms with E-state index in [1.54, 1.807) is 17.3 Å². The number of halogens is 2. The van der Waals surface area contributed by atoms with Crippen LogP contribution in [0.4, 0.5) is 8.78 Å². The molecule has 1 aliphatic heterocycles. The number of pyridine rings is 1. The highest BCUT2D eigenvalue weighted by molar-refractivity contribution is 5.88. The lowest BCUT2D eigenvalue weighted by Gasteiger charge is -2.32. The Kier molecular flexibility index (Phi) is 5.41. The van der Waals surface area contributed by atoms with Crippen molar-refractivity contribution in [1.29, 1.82) is 0 Å². The number of rotatable bonds is 6. The van der Waals surface area contributed by atoms with E-state index >= 15 is 0 Å². The molecule has 1 aromatic carbocycles. The van der Waals surface area contributed by atoms with Crippen LogP contribution < -0.4 is 0 Å². The number of Topliss-reactive ketones (excluding diaryl/α,β-unsaturated/α-hetero) is 1. The molecule has 7 heteroatoms. The molecule has 5 nitrogen and oxygen atoms in total. The SMILES string of the molecule is CC(F)(F)CN1CCC(C(=O)Cc2cc3cc(-c4cn[nH]c4)ccc3cn2)CC1. The fourth-order valence-electron chi connectivity index (χ4n) is 4.00. The predicted molar refractivity (Wildman–Crippen MR) is 108 cm³/mol. The summed E-state index contributed by atoms with van der Waals surface area (Å²) in [7, 11) is 0. The molecule has 1 fully saturated rings. The number of nitrogens with one attached hydrogen (secondary N) is 1. The number of fused-ring (bicyclic) bond motifs is 1. The molecule has 1 N–H and O–H groups in total. The lowest BCUT2D eigenvalue weighted by Crippen LogP contribution is -2.42. The summed E-state index contributed by atoms with van der Waals surface area (Å²) in [6, 6.07) is 8.06. The standard InChI is InChI=1S/C22H24F2N4O/c1-22(23,24)14-28-6-4-15(5-7-28)21(29)10-20-9-18-8-16(19-12-26-27-13-19)2-3-17(18)11-25-20/h2-3,8-9,11-13,15H,4-7,10,14H2,1H3,(H,26,27). The van der Waals surface area contributed by atoms with Crippen molar-refractivity contribution in [3.05, 3.63) is 48.5 Å². The summed E-state index contributed by atoms with van der Waals surface area (Å²) < 4.78 is 26.3. The van der Waals surface area contributed by atoms with E-state index in [9.17, 15) is 13.6 Å². The summed E-state index contributed by atoms with van der Waals surface area (Å²) in [4.78, 5) is 18.9. The summed E-state index contributed by atoms with van der Waals surface area (Å²) in [5.74, 6) is -2.63. The van der Waals surface area contributed by atoms with Crippen LogP contribution in [0.25, 0.3) is 21.9 Å². The number of ketones is 1. The van der Waals surface area contributed by atoms with E-state index in [-0.39, 0.29) is 24.7 Å². The zero-order valence-electron chi connectivity index (χ0n) is 16.4. The van der Waals surface area contributed by atoms with Crippen LogP contribution in [0.2, 0.25) is 0 Å². The van der Waals surface area contributed by atoms with Gasteiger partial charge in [-0.25, -0.2) is 8.78 Å². The molecule has 0 bridgehead atoms. The first-order chi connectivity index (χ1) is 13.9. The van der Waals surface area contributed by atoms with Gasteiger partial charge < -0.3 is 0 Å². The van der Waals surface area contributed by atoms with Crippen LogP contribution in [0.15, 0.2) is 42.9 Å². The lowest BCUT2D eigenvalue weighted by atomic mass is 9.90. The molecule has 0 amide bonds. The van der Waals surface area contributed by atoms with Crippen molar-refractivity contribution in [2.45, 2.75) is 32.1 Å². The normalized spacial score (nSPS) is 16.4. The van der Waals surface area contributed by atoms with Crippen LogP contribution in [0, 0.1) is 5.92 Å². The number of piperidine rings is 1. The van der Waals surface area contributed by atoms with Crippen LogP contribution in [-0.2, 0) is 11.2 Å². The molecule has 0 saturated carbocycles. The molecule has 1 aliphatic rings. The maximum atomic E-state index is 13.2. The Morgan fingerprint density at radius 3 is 2.66 bits per heavy atom. The van der Waals surface area contributed by atoms with Crippen molar-refractivity contribution < 1.29 is 13.6 Å². The van der Waals surface area contributed by atoms with Gasteiger partial charge in [0.05, 0.1) is 12.7 Å². The third-order valence-corrected chi connectivity index (χ3v) is 5.51. The average Bonchev–Trinajstić information content (AvgIpc) is 3.21. The van der Waals surface area contributed by atoms with Gasteiger partial charge in [-0.05, 0) is 49.0 Å². The van der Waals surface area contributed by atoms with E-state index < -0.39 is 5.92 Å². The minimum absolute atomic E-state index is 0.0773. The summed E-state index contributed by atoms with van der Waals surface area (Å²) in [6.45, 7) is 1.78. The molecular formula is C22H24F2N4O. The summed E-state index contributed by atoms with van der Waals surface area (Å²) in [6.07, 6.45) is 6.95. The second-order valence-electron chi connectivity index (χ2n) is 7.99. The first kappa shape index (κ1) is 19.6. The molecular weight excluding hydrogens is 374 g/mol.